The molecule has 2 unspecified atom stereocenters. The maximum Gasteiger partial charge on any atom is 0.283 e. The van der Waals surface area contributed by atoms with Crippen molar-refractivity contribution in [2.45, 2.75) is 87.1 Å². The summed E-state index contributed by atoms with van der Waals surface area (Å²) in [4.78, 5) is 29.8. The maximum absolute atomic E-state index is 12.9. The minimum Gasteiger partial charge on any atom is -0.347 e. The summed E-state index contributed by atoms with van der Waals surface area (Å²) in [5.41, 5.74) is 19.9. The Kier molecular flexibility index (Phi) is 24.7. The number of hydrogen-bond acceptors (Lipinski definition) is 14. The van der Waals surface area contributed by atoms with Crippen LogP contribution in [0.3, 0.4) is 0 Å². The van der Waals surface area contributed by atoms with Crippen LogP contribution in [0.4, 0.5) is 34.1 Å². The quantitative estimate of drug-likeness (QED) is 0.0346. The van der Waals surface area contributed by atoms with Crippen molar-refractivity contribution in [3.05, 3.63) is 447 Å². The fraction of sp³-hybridized carbons (Fsp3) is 0.160. The second kappa shape index (κ2) is 35.4. The molecule has 18 nitrogen and oxygen atoms in total. The number of fused-ring (bicyclic) bond motifs is 8. The first-order valence-electron chi connectivity index (χ1n) is 39.6. The third-order valence-electron chi connectivity index (χ3n) is 24.1. The number of allylic oxidation sites excluding steroid dienone is 8. The number of nitro groups is 2. The summed E-state index contributed by atoms with van der Waals surface area (Å²) in [5, 5.41) is 30.7. The van der Waals surface area contributed by atoms with Crippen LogP contribution in [0.25, 0.3) is 21.5 Å². The highest BCUT2D eigenvalue weighted by Gasteiger charge is 2.53. The number of anilines is 2. The molecule has 17 rings (SSSR count). The van der Waals surface area contributed by atoms with Gasteiger partial charge in [0.2, 0.25) is 11.4 Å². The fourth-order valence-electron chi connectivity index (χ4n) is 19.1. The lowest BCUT2D eigenvalue weighted by Crippen LogP contribution is -2.68. The van der Waals surface area contributed by atoms with E-state index >= 15 is 0 Å². The Hall–Kier alpha value is -11.7. The van der Waals surface area contributed by atoms with Gasteiger partial charge in [-0.3, -0.25) is 20.2 Å². The minimum absolute atomic E-state index is 0.0390. The average molecular weight is 1790 g/mol. The van der Waals surface area contributed by atoms with Crippen molar-refractivity contribution < 1.29 is 76.8 Å². The van der Waals surface area contributed by atoms with Crippen LogP contribution in [-0.2, 0) is 73.3 Å². The first kappa shape index (κ1) is 85.3. The van der Waals surface area contributed by atoms with Crippen LogP contribution in [0.15, 0.2) is 360 Å². The molecule has 13 aromatic rings. The molecule has 0 N–H and O–H groups in total. The van der Waals surface area contributed by atoms with Gasteiger partial charge < -0.3 is 9.80 Å². The molecule has 0 saturated heterocycles. The Labute approximate surface area is 728 Å². The molecule has 0 radical (unpaired) electrons. The molecule has 13 aromatic carbocycles. The number of benzene rings is 13. The van der Waals surface area contributed by atoms with Gasteiger partial charge in [0.05, 0.1) is 29.6 Å². The Morgan fingerprint density at radius 3 is 0.918 bits per heavy atom. The number of likely N-dealkylation sites (N-methyl/N-ethyl adjacent to an activating group) is 2. The van der Waals surface area contributed by atoms with E-state index in [1.165, 1.54) is 43.8 Å². The summed E-state index contributed by atoms with van der Waals surface area (Å²) < 4.78 is 73.9. The highest BCUT2D eigenvalue weighted by molar-refractivity contribution is 9.11. The van der Waals surface area contributed by atoms with Crippen molar-refractivity contribution in [1.82, 2.24) is 0 Å². The van der Waals surface area contributed by atoms with Gasteiger partial charge in [-0.05, 0) is 187 Å². The van der Waals surface area contributed by atoms with E-state index in [-0.39, 0.29) is 21.2 Å². The highest BCUT2D eigenvalue weighted by atomic mass is 79.9. The molecule has 0 amide bonds. The Bertz CT molecular complexity index is 5830. The molecule has 0 aliphatic carbocycles. The van der Waals surface area contributed by atoms with E-state index in [1.807, 2.05) is 48.5 Å². The molecule has 0 saturated carbocycles. The number of hydrogen-bond donors (Lipinski definition) is 0. The Morgan fingerprint density at radius 2 is 0.631 bits per heavy atom. The van der Waals surface area contributed by atoms with Crippen LogP contribution in [-0.4, -0.2) is 44.5 Å². The standard InChI is InChI=1S/C100H84Br2N6O4.2ClHO4/c1-97(61-69-29-11-5-12-30-69)91(45-27-47-93-99(63-71-33-15-7-16-34-71,64-72-35-17-8-18-36-72)81-57-89(107(109)110)83(101)59-87(81)103(93)3)105(85-55-53-77-41-23-25-43-79(77)95(85)97)67-75-49-51-76(52-50-75)68-106-86-56-54-78-42-24-26-44-80(78)96(86)98(2,62-70-31-13-6-14-32-70)92(106)46-28-48-94-100(65-73-37-19-9-20-38-73,66-74-39-21-10-22-40-74)82-58-90(108(111)112)84(102)60-88(82)104(94)4;2*2-1(3,4)5/h5-60H,61-68H2,1-4H3;2*(H,2,3,4,5)/q+2;;/p-2. The van der Waals surface area contributed by atoms with E-state index in [4.69, 9.17) is 37.3 Å². The third kappa shape index (κ3) is 17.8. The van der Waals surface area contributed by atoms with Crippen LogP contribution in [0.5, 0.6) is 0 Å². The summed E-state index contributed by atoms with van der Waals surface area (Å²) in [6, 6.07) is 108. The predicted octanol–water partition coefficient (Wildman–Crippen LogP) is 14.0. The van der Waals surface area contributed by atoms with Gasteiger partial charge in [-0.2, -0.15) is 9.15 Å². The normalized spacial score (nSPS) is 17.6. The molecule has 122 heavy (non-hydrogen) atoms. The van der Waals surface area contributed by atoms with Gasteiger partial charge in [-0.15, -0.1) is 20.5 Å². The van der Waals surface area contributed by atoms with Crippen molar-refractivity contribution in [2.75, 3.05) is 23.9 Å². The van der Waals surface area contributed by atoms with Gasteiger partial charge in [0.1, 0.15) is 0 Å². The SMILES string of the molecule is CN1/C(=C/C=C/C2=[N+](Cc3ccc(C[N+]4=C(/C=C/C=C5/N(C)c6cc(Br)c([N+](=O)[O-])cc6C5(Cc5ccccc5)Cc5ccccc5)C(C)(Cc5ccccc5)c5c4ccc4ccccc54)cc3)c3ccc4ccccc4c3C2(C)Cc2ccccc2)C(Cc2ccccc2)(Cc2ccccc2)c2cc([N+](=O)[O-])c(Br)cc21.[O-][Cl+3]([O-])([O-])[O-].[O-][Cl+3]([O-])([O-])[O-]. The second-order valence-corrected chi connectivity index (χ2v) is 35.0. The summed E-state index contributed by atoms with van der Waals surface area (Å²) in [6.45, 7) is 6.02. The van der Waals surface area contributed by atoms with Gasteiger partial charge >= 0.3 is 0 Å². The molecular formula is C100H84Br2Cl2N6O12. The summed E-state index contributed by atoms with van der Waals surface area (Å²) in [6.07, 6.45) is 17.7. The number of rotatable bonds is 22. The number of nitrogens with zero attached hydrogens (tertiary/aromatic N) is 6. The van der Waals surface area contributed by atoms with Gasteiger partial charge in [-0.25, -0.2) is 37.3 Å². The van der Waals surface area contributed by atoms with E-state index < -0.39 is 42.1 Å². The molecule has 0 bridgehead atoms. The Morgan fingerprint density at radius 1 is 0.361 bits per heavy atom. The molecule has 0 spiro atoms. The Balaban J connectivity index is 0.00000109. The molecular weight excluding hydrogens is 1710 g/mol. The van der Waals surface area contributed by atoms with Gasteiger partial charge in [0.25, 0.3) is 11.4 Å². The van der Waals surface area contributed by atoms with Crippen LogP contribution in [0.2, 0.25) is 0 Å². The summed E-state index contributed by atoms with van der Waals surface area (Å²) >= 11 is 7.27. The topological polar surface area (TPSA) is 283 Å². The van der Waals surface area contributed by atoms with Crippen molar-refractivity contribution in [3.63, 3.8) is 0 Å². The molecule has 4 heterocycles. The van der Waals surface area contributed by atoms with E-state index in [2.05, 4.69) is 370 Å². The first-order chi connectivity index (χ1) is 58.5. The van der Waals surface area contributed by atoms with Crippen LogP contribution in [0, 0.1) is 40.7 Å². The van der Waals surface area contributed by atoms with Crippen LogP contribution >= 0.6 is 31.9 Å². The minimum atomic E-state index is -4.94. The lowest BCUT2D eigenvalue weighted by molar-refractivity contribution is -2.00. The summed E-state index contributed by atoms with van der Waals surface area (Å²) in [7, 11) is -5.68. The zero-order valence-electron chi connectivity index (χ0n) is 67.1. The van der Waals surface area contributed by atoms with Gasteiger partial charge in [-0.1, -0.05) is 267 Å². The van der Waals surface area contributed by atoms with E-state index in [9.17, 15) is 20.2 Å². The lowest BCUT2D eigenvalue weighted by atomic mass is 9.70. The fourth-order valence-corrected chi connectivity index (χ4v) is 20.1. The van der Waals surface area contributed by atoms with Gasteiger partial charge in [0, 0.05) is 106 Å². The zero-order valence-corrected chi connectivity index (χ0v) is 71.8. The van der Waals surface area contributed by atoms with Crippen molar-refractivity contribution >= 4 is 99.0 Å². The molecule has 4 aliphatic rings. The maximum atomic E-state index is 12.9. The number of halogens is 4. The third-order valence-corrected chi connectivity index (χ3v) is 25.4. The molecule has 22 heteroatoms. The van der Waals surface area contributed by atoms with E-state index in [1.54, 1.807) is 0 Å². The average Bonchev–Trinajstić information content (AvgIpc) is 1.52. The van der Waals surface area contributed by atoms with Crippen molar-refractivity contribution in [3.8, 4) is 0 Å². The predicted molar refractivity (Wildman–Crippen MR) is 463 cm³/mol. The smallest absolute Gasteiger partial charge is 0.283 e. The molecule has 0 aromatic heterocycles. The molecule has 614 valence electrons. The van der Waals surface area contributed by atoms with E-state index in [0.717, 1.165) is 103 Å². The molecule has 4 aliphatic heterocycles. The lowest BCUT2D eigenvalue weighted by Gasteiger charge is -2.33. The monoisotopic (exact) mass is 1790 g/mol. The van der Waals surface area contributed by atoms with Crippen LogP contribution in [0.1, 0.15) is 80.6 Å². The largest absolute Gasteiger partial charge is 0.347 e. The van der Waals surface area contributed by atoms with Crippen molar-refractivity contribution in [1.29, 1.82) is 0 Å². The number of nitro benzene ring substituents is 2. The van der Waals surface area contributed by atoms with Crippen LogP contribution < -0.4 is 47.1 Å². The molecule has 0 fully saturated rings. The van der Waals surface area contributed by atoms with Crippen molar-refractivity contribution in [2.24, 2.45) is 0 Å². The summed E-state index contributed by atoms with van der Waals surface area (Å²) in [5.74, 6) is 0. The second-order valence-electron chi connectivity index (χ2n) is 31.8. The molecule has 2 atom stereocenters. The zero-order chi connectivity index (χ0) is 85.9. The highest BCUT2D eigenvalue weighted by Crippen LogP contribution is 2.57. The first-order valence-corrected chi connectivity index (χ1v) is 43.7. The van der Waals surface area contributed by atoms with Gasteiger partial charge in [0.15, 0.2) is 24.5 Å². The van der Waals surface area contributed by atoms with E-state index in [0.29, 0.717) is 47.7 Å².